The molecule has 0 aliphatic heterocycles. The summed E-state index contributed by atoms with van der Waals surface area (Å²) >= 11 is 6.24. The summed E-state index contributed by atoms with van der Waals surface area (Å²) in [4.78, 5) is 11.5. The van der Waals surface area contributed by atoms with Crippen LogP contribution in [0.15, 0.2) is 17.7 Å². The Kier molecular flexibility index (Phi) is 6.74. The number of amides is 1. The highest BCUT2D eigenvalue weighted by Crippen LogP contribution is 2.37. The molecule has 0 fully saturated rings. The summed E-state index contributed by atoms with van der Waals surface area (Å²) in [7, 11) is 2.97. The minimum Gasteiger partial charge on any atom is -0.493 e. The third kappa shape index (κ3) is 4.40. The molecule has 0 spiro atoms. The molecule has 22 heavy (non-hydrogen) atoms. The summed E-state index contributed by atoms with van der Waals surface area (Å²) in [5, 5.41) is 11.8. The molecule has 0 saturated heterocycles. The first kappa shape index (κ1) is 17.9. The number of ether oxygens (including phenoxy) is 2. The normalized spacial score (nSPS) is 12.3. The molecular weight excluding hydrogens is 304 g/mol. The first-order valence-electron chi connectivity index (χ1n) is 6.84. The van der Waals surface area contributed by atoms with Gasteiger partial charge in [-0.3, -0.25) is 4.79 Å². The van der Waals surface area contributed by atoms with Crippen LogP contribution in [0.5, 0.6) is 11.5 Å². The number of hydrogen-bond acceptors (Lipinski definition) is 4. The molecule has 1 aromatic carbocycles. The Bertz CT molecular complexity index is 621. The number of methoxy groups -OCH3 is 1. The Morgan fingerprint density at radius 2 is 2.23 bits per heavy atom. The van der Waals surface area contributed by atoms with Crippen LogP contribution < -0.4 is 14.8 Å². The van der Waals surface area contributed by atoms with E-state index in [9.17, 15) is 4.79 Å². The van der Waals surface area contributed by atoms with E-state index in [0.29, 0.717) is 22.1 Å². The summed E-state index contributed by atoms with van der Waals surface area (Å²) in [6, 6.07) is 5.15. The molecule has 0 heterocycles. The lowest BCUT2D eigenvalue weighted by Gasteiger charge is -2.17. The zero-order valence-corrected chi connectivity index (χ0v) is 13.8. The van der Waals surface area contributed by atoms with Gasteiger partial charge in [0.2, 0.25) is 0 Å². The number of nitriles is 1. The molecule has 0 aliphatic rings. The van der Waals surface area contributed by atoms with Crippen LogP contribution in [0.3, 0.4) is 0 Å². The van der Waals surface area contributed by atoms with Gasteiger partial charge in [0.05, 0.1) is 18.2 Å². The Morgan fingerprint density at radius 1 is 1.55 bits per heavy atom. The lowest BCUT2D eigenvalue weighted by atomic mass is 10.1. The molecule has 0 saturated carbocycles. The van der Waals surface area contributed by atoms with E-state index in [0.717, 1.165) is 6.42 Å². The van der Waals surface area contributed by atoms with Crippen LogP contribution in [0, 0.1) is 11.3 Å². The first-order chi connectivity index (χ1) is 10.5. The Hall–Kier alpha value is -2.19. The van der Waals surface area contributed by atoms with Gasteiger partial charge < -0.3 is 14.8 Å². The van der Waals surface area contributed by atoms with Gasteiger partial charge in [-0.15, -0.1) is 0 Å². The smallest absolute Gasteiger partial charge is 0.261 e. The predicted octanol–water partition coefficient (Wildman–Crippen LogP) is 3.18. The van der Waals surface area contributed by atoms with Crippen molar-refractivity contribution in [2.45, 2.75) is 26.4 Å². The van der Waals surface area contributed by atoms with Gasteiger partial charge in [0.1, 0.15) is 11.6 Å². The maximum Gasteiger partial charge on any atom is 0.261 e. The van der Waals surface area contributed by atoms with E-state index in [4.69, 9.17) is 26.3 Å². The van der Waals surface area contributed by atoms with Crippen LogP contribution >= 0.6 is 11.6 Å². The van der Waals surface area contributed by atoms with Crippen molar-refractivity contribution in [2.24, 2.45) is 0 Å². The predicted molar refractivity (Wildman–Crippen MR) is 86.0 cm³/mol. The van der Waals surface area contributed by atoms with Gasteiger partial charge in [-0.2, -0.15) is 5.26 Å². The largest absolute Gasteiger partial charge is 0.493 e. The maximum absolute atomic E-state index is 11.5. The number of benzene rings is 1. The Morgan fingerprint density at radius 3 is 2.73 bits per heavy atom. The topological polar surface area (TPSA) is 71.3 Å². The molecule has 1 amide bonds. The molecule has 118 valence electrons. The van der Waals surface area contributed by atoms with E-state index < -0.39 is 5.91 Å². The van der Waals surface area contributed by atoms with E-state index in [-0.39, 0.29) is 11.7 Å². The minimum atomic E-state index is -0.461. The second kappa shape index (κ2) is 8.30. The molecule has 0 aliphatic carbocycles. The summed E-state index contributed by atoms with van der Waals surface area (Å²) in [5.74, 6) is 0.444. The van der Waals surface area contributed by atoms with Crippen molar-refractivity contribution < 1.29 is 14.3 Å². The van der Waals surface area contributed by atoms with E-state index >= 15 is 0 Å². The molecular formula is C16H19ClN2O3. The van der Waals surface area contributed by atoms with Gasteiger partial charge in [0, 0.05) is 7.05 Å². The number of nitrogens with one attached hydrogen (secondary N) is 1. The van der Waals surface area contributed by atoms with Crippen molar-refractivity contribution in [1.82, 2.24) is 5.32 Å². The van der Waals surface area contributed by atoms with Gasteiger partial charge in [-0.25, -0.2) is 0 Å². The van der Waals surface area contributed by atoms with E-state index in [1.807, 2.05) is 19.9 Å². The van der Waals surface area contributed by atoms with Crippen molar-refractivity contribution >= 4 is 23.6 Å². The van der Waals surface area contributed by atoms with Crippen molar-refractivity contribution in [3.8, 4) is 17.6 Å². The molecule has 6 heteroatoms. The van der Waals surface area contributed by atoms with Gasteiger partial charge in [-0.1, -0.05) is 18.5 Å². The minimum absolute atomic E-state index is 0.00618. The number of nitrogens with zero attached hydrogens (tertiary/aromatic N) is 1. The zero-order chi connectivity index (χ0) is 16.7. The molecule has 1 atom stereocenters. The van der Waals surface area contributed by atoms with Crippen molar-refractivity contribution in [3.05, 3.63) is 28.3 Å². The number of rotatable bonds is 6. The Balaban J connectivity index is 3.26. The SMILES string of the molecule is CC[C@H](C)Oc1c(Cl)cc(/C=C(/C#N)C(=O)NC)cc1OC. The van der Waals surface area contributed by atoms with Crippen molar-refractivity contribution in [1.29, 1.82) is 5.26 Å². The lowest BCUT2D eigenvalue weighted by Crippen LogP contribution is -2.19. The van der Waals surface area contributed by atoms with Crippen LogP contribution in [0.25, 0.3) is 6.08 Å². The lowest BCUT2D eigenvalue weighted by molar-refractivity contribution is -0.116. The number of halogens is 1. The first-order valence-corrected chi connectivity index (χ1v) is 7.22. The van der Waals surface area contributed by atoms with Gasteiger partial charge in [0.25, 0.3) is 5.91 Å². The maximum atomic E-state index is 11.5. The average Bonchev–Trinajstić information content (AvgIpc) is 2.53. The zero-order valence-electron chi connectivity index (χ0n) is 13.1. The van der Waals surface area contributed by atoms with Gasteiger partial charge >= 0.3 is 0 Å². The van der Waals surface area contributed by atoms with E-state index in [1.165, 1.54) is 20.2 Å². The second-order valence-corrected chi connectivity index (χ2v) is 5.03. The van der Waals surface area contributed by atoms with Gasteiger partial charge in [0.15, 0.2) is 11.5 Å². The highest BCUT2D eigenvalue weighted by Gasteiger charge is 2.15. The summed E-state index contributed by atoms with van der Waals surface area (Å²) in [6.45, 7) is 3.94. The second-order valence-electron chi connectivity index (χ2n) is 4.62. The summed E-state index contributed by atoms with van der Waals surface area (Å²) in [6.07, 6.45) is 2.27. The molecule has 0 bridgehead atoms. The fourth-order valence-electron chi connectivity index (χ4n) is 1.67. The number of hydrogen-bond donors (Lipinski definition) is 1. The number of carbonyl (C=O) groups is 1. The van der Waals surface area contributed by atoms with Crippen LogP contribution in [0.2, 0.25) is 5.02 Å². The third-order valence-corrected chi connectivity index (χ3v) is 3.33. The van der Waals surface area contributed by atoms with Crippen LogP contribution in [-0.2, 0) is 4.79 Å². The molecule has 1 N–H and O–H groups in total. The molecule has 5 nitrogen and oxygen atoms in total. The van der Waals surface area contributed by atoms with Gasteiger partial charge in [-0.05, 0) is 37.1 Å². The quantitative estimate of drug-likeness (QED) is 0.645. The standard InChI is InChI=1S/C16H19ClN2O3/c1-5-10(2)22-15-13(17)7-11(8-14(15)21-4)6-12(9-18)16(20)19-3/h6-8,10H,5H2,1-4H3,(H,19,20)/b12-6-/t10-/m0/s1. The highest BCUT2D eigenvalue weighted by atomic mass is 35.5. The molecule has 0 aromatic heterocycles. The fraction of sp³-hybridized carbons (Fsp3) is 0.375. The summed E-state index contributed by atoms with van der Waals surface area (Å²) in [5.41, 5.74) is 0.565. The monoisotopic (exact) mass is 322 g/mol. The molecule has 1 rings (SSSR count). The summed E-state index contributed by atoms with van der Waals surface area (Å²) < 4.78 is 11.0. The van der Waals surface area contributed by atoms with Crippen LogP contribution in [0.4, 0.5) is 0 Å². The molecule has 1 aromatic rings. The van der Waals surface area contributed by atoms with Crippen molar-refractivity contribution in [2.75, 3.05) is 14.2 Å². The molecule has 0 radical (unpaired) electrons. The van der Waals surface area contributed by atoms with Crippen LogP contribution in [-0.4, -0.2) is 26.2 Å². The highest BCUT2D eigenvalue weighted by molar-refractivity contribution is 6.32. The number of carbonyl (C=O) groups excluding carboxylic acids is 1. The van der Waals surface area contributed by atoms with Crippen LogP contribution in [0.1, 0.15) is 25.8 Å². The fourth-order valence-corrected chi connectivity index (χ4v) is 1.94. The van der Waals surface area contributed by atoms with Crippen molar-refractivity contribution in [3.63, 3.8) is 0 Å². The third-order valence-electron chi connectivity index (χ3n) is 3.05. The number of likely N-dealkylation sites (N-methyl/N-ethyl adjacent to an activating group) is 1. The molecule has 0 unspecified atom stereocenters. The Labute approximate surface area is 135 Å². The van der Waals surface area contributed by atoms with E-state index in [1.54, 1.807) is 12.1 Å². The van der Waals surface area contributed by atoms with E-state index in [2.05, 4.69) is 5.32 Å². The average molecular weight is 323 g/mol.